The molecule has 0 N–H and O–H groups in total. The summed E-state index contributed by atoms with van der Waals surface area (Å²) in [5, 5.41) is 8.20. The van der Waals surface area contributed by atoms with Gasteiger partial charge in [0.2, 0.25) is 6.41 Å². The van der Waals surface area contributed by atoms with Crippen LogP contribution in [0.3, 0.4) is 0 Å². The lowest BCUT2D eigenvalue weighted by Gasteiger charge is -2.43. The van der Waals surface area contributed by atoms with Crippen LogP contribution in [0.1, 0.15) is 36.7 Å². The number of carbonyl (C=O) groups excluding carboxylic acids is 1. The van der Waals surface area contributed by atoms with Crippen molar-refractivity contribution in [1.29, 1.82) is 0 Å². The van der Waals surface area contributed by atoms with Crippen molar-refractivity contribution in [3.8, 4) is 11.5 Å². The fourth-order valence-corrected chi connectivity index (χ4v) is 3.58. The summed E-state index contributed by atoms with van der Waals surface area (Å²) in [5.74, 6) is 0.936. The number of hydrogen-bond donors (Lipinski definition) is 0. The molecule has 2 unspecified atom stereocenters. The van der Waals surface area contributed by atoms with Crippen LogP contribution in [0.2, 0.25) is 0 Å². The van der Waals surface area contributed by atoms with Gasteiger partial charge in [-0.15, -0.1) is 10.2 Å². The third kappa shape index (κ3) is 2.26. The van der Waals surface area contributed by atoms with Gasteiger partial charge in [0, 0.05) is 12.7 Å². The Bertz CT molecular complexity index is 788. The molecule has 126 valence electrons. The van der Waals surface area contributed by atoms with Gasteiger partial charge >= 0.3 is 6.18 Å². The van der Waals surface area contributed by atoms with Crippen molar-refractivity contribution in [2.45, 2.75) is 44.1 Å². The lowest BCUT2D eigenvalue weighted by Crippen LogP contribution is -2.48. The van der Waals surface area contributed by atoms with Gasteiger partial charge in [0.05, 0.1) is 17.6 Å². The molecule has 0 aromatic carbocycles. The van der Waals surface area contributed by atoms with Crippen LogP contribution in [0, 0.1) is 0 Å². The number of halogens is 3. The van der Waals surface area contributed by atoms with Gasteiger partial charge in [-0.1, -0.05) is 0 Å². The molecule has 0 aliphatic carbocycles. The minimum atomic E-state index is -4.44. The van der Waals surface area contributed by atoms with E-state index in [0.717, 1.165) is 44.0 Å². The highest BCUT2D eigenvalue weighted by molar-refractivity contribution is 5.54. The zero-order chi connectivity index (χ0) is 16.9. The SMILES string of the molecule is O=CN1C2CCCC1c1nnc(-c3cc(C(F)(F)F)ccn3)n1C2. The van der Waals surface area contributed by atoms with Gasteiger partial charge in [-0.05, 0) is 31.4 Å². The number of alkyl halides is 3. The molecule has 6 nitrogen and oxygen atoms in total. The fraction of sp³-hybridized carbons (Fsp3) is 0.467. The summed E-state index contributed by atoms with van der Waals surface area (Å²) in [6, 6.07) is 1.77. The number of rotatable bonds is 2. The van der Waals surface area contributed by atoms with E-state index in [0.29, 0.717) is 18.2 Å². The number of hydrogen-bond acceptors (Lipinski definition) is 4. The normalized spacial score (nSPS) is 23.0. The second-order valence-corrected chi connectivity index (χ2v) is 6.07. The van der Waals surface area contributed by atoms with Crippen molar-refractivity contribution >= 4 is 6.41 Å². The van der Waals surface area contributed by atoms with Gasteiger partial charge in [0.15, 0.2) is 11.6 Å². The van der Waals surface area contributed by atoms with Crippen LogP contribution < -0.4 is 0 Å². The predicted molar refractivity (Wildman–Crippen MR) is 76.5 cm³/mol. The van der Waals surface area contributed by atoms with Crippen LogP contribution in [-0.4, -0.2) is 37.1 Å². The van der Waals surface area contributed by atoms with Crippen molar-refractivity contribution in [3.63, 3.8) is 0 Å². The number of nitrogens with zero attached hydrogens (tertiary/aromatic N) is 5. The Balaban J connectivity index is 1.78. The number of piperidine rings is 1. The van der Waals surface area contributed by atoms with E-state index in [2.05, 4.69) is 15.2 Å². The van der Waals surface area contributed by atoms with Crippen LogP contribution >= 0.6 is 0 Å². The second-order valence-electron chi connectivity index (χ2n) is 6.07. The van der Waals surface area contributed by atoms with E-state index >= 15 is 0 Å². The van der Waals surface area contributed by atoms with Crippen LogP contribution in [0.25, 0.3) is 11.5 Å². The largest absolute Gasteiger partial charge is 0.416 e. The molecule has 4 rings (SSSR count). The highest BCUT2D eigenvalue weighted by Crippen LogP contribution is 2.39. The summed E-state index contributed by atoms with van der Waals surface area (Å²) in [6.45, 7) is 0.477. The molecule has 0 radical (unpaired) electrons. The quantitative estimate of drug-likeness (QED) is 0.790. The minimum Gasteiger partial charge on any atom is -0.330 e. The minimum absolute atomic E-state index is 0.0225. The Morgan fingerprint density at radius 3 is 2.83 bits per heavy atom. The molecule has 2 aromatic heterocycles. The van der Waals surface area contributed by atoms with E-state index in [1.54, 1.807) is 9.47 Å². The molecule has 0 spiro atoms. The Hall–Kier alpha value is -2.45. The number of aromatic nitrogens is 4. The molecular formula is C15H14F3N5O. The van der Waals surface area contributed by atoms with Gasteiger partial charge in [-0.3, -0.25) is 9.78 Å². The summed E-state index contributed by atoms with van der Waals surface area (Å²) in [4.78, 5) is 17.1. The second kappa shape index (κ2) is 5.29. The average Bonchev–Trinajstić information content (AvgIpc) is 2.97. The van der Waals surface area contributed by atoms with Crippen LogP contribution in [-0.2, 0) is 17.5 Å². The van der Waals surface area contributed by atoms with Crippen molar-refractivity contribution in [3.05, 3.63) is 29.7 Å². The standard InChI is InChI=1S/C15H14F3N5O/c16-15(17,18)9-4-5-19-11(6-9)13-20-21-14-12-3-1-2-10(7-22(13)14)23(12)8-24/h4-6,8,10,12H,1-3,7H2. The first kappa shape index (κ1) is 15.1. The maximum Gasteiger partial charge on any atom is 0.416 e. The number of fused-ring (bicyclic) bond motifs is 4. The van der Waals surface area contributed by atoms with Gasteiger partial charge in [0.1, 0.15) is 5.69 Å². The monoisotopic (exact) mass is 337 g/mol. The molecule has 1 fully saturated rings. The fourth-order valence-electron chi connectivity index (χ4n) is 3.58. The van der Waals surface area contributed by atoms with Gasteiger partial charge in [-0.25, -0.2) is 0 Å². The van der Waals surface area contributed by atoms with E-state index in [9.17, 15) is 18.0 Å². The predicted octanol–water partition coefficient (Wildman–Crippen LogP) is 2.42. The Labute approximate surface area is 135 Å². The van der Waals surface area contributed by atoms with E-state index in [4.69, 9.17) is 0 Å². The molecule has 4 heterocycles. The van der Waals surface area contributed by atoms with Crippen molar-refractivity contribution in [2.75, 3.05) is 0 Å². The summed E-state index contributed by atoms with van der Waals surface area (Å²) < 4.78 is 40.6. The Kier molecular flexibility index (Phi) is 3.33. The molecule has 24 heavy (non-hydrogen) atoms. The Morgan fingerprint density at radius 1 is 1.25 bits per heavy atom. The first-order valence-corrected chi connectivity index (χ1v) is 7.68. The lowest BCUT2D eigenvalue weighted by molar-refractivity contribution is -0.137. The molecule has 2 aliphatic rings. The van der Waals surface area contributed by atoms with E-state index in [1.165, 1.54) is 0 Å². The molecule has 2 aromatic rings. The van der Waals surface area contributed by atoms with E-state index < -0.39 is 11.7 Å². The molecule has 1 amide bonds. The van der Waals surface area contributed by atoms with Crippen molar-refractivity contribution < 1.29 is 18.0 Å². The third-order valence-corrected chi connectivity index (χ3v) is 4.71. The molecular weight excluding hydrogens is 323 g/mol. The summed E-state index contributed by atoms with van der Waals surface area (Å²) >= 11 is 0. The van der Waals surface area contributed by atoms with E-state index in [-0.39, 0.29) is 17.8 Å². The first-order valence-electron chi connectivity index (χ1n) is 7.68. The van der Waals surface area contributed by atoms with E-state index in [1.807, 2.05) is 0 Å². The highest BCUT2D eigenvalue weighted by atomic mass is 19.4. The molecule has 2 aliphatic heterocycles. The maximum absolute atomic E-state index is 12.9. The van der Waals surface area contributed by atoms with Gasteiger partial charge in [-0.2, -0.15) is 13.2 Å². The summed E-state index contributed by atoms with van der Waals surface area (Å²) in [7, 11) is 0. The van der Waals surface area contributed by atoms with Gasteiger partial charge < -0.3 is 9.47 Å². The maximum atomic E-state index is 12.9. The summed E-state index contributed by atoms with van der Waals surface area (Å²) in [6.07, 6.45) is 0.151. The third-order valence-electron chi connectivity index (χ3n) is 4.71. The lowest BCUT2D eigenvalue weighted by atomic mass is 9.92. The topological polar surface area (TPSA) is 63.9 Å². The average molecular weight is 337 g/mol. The molecule has 1 saturated heterocycles. The Morgan fingerprint density at radius 2 is 2.08 bits per heavy atom. The molecule has 2 atom stereocenters. The van der Waals surface area contributed by atoms with Crippen LogP contribution in [0.15, 0.2) is 18.3 Å². The van der Waals surface area contributed by atoms with Crippen LogP contribution in [0.4, 0.5) is 13.2 Å². The zero-order valence-electron chi connectivity index (χ0n) is 12.6. The highest BCUT2D eigenvalue weighted by Gasteiger charge is 2.40. The zero-order valence-corrected chi connectivity index (χ0v) is 12.6. The number of amides is 1. The smallest absolute Gasteiger partial charge is 0.330 e. The van der Waals surface area contributed by atoms with Crippen LogP contribution in [0.5, 0.6) is 0 Å². The summed E-state index contributed by atoms with van der Waals surface area (Å²) in [5.41, 5.74) is -0.628. The van der Waals surface area contributed by atoms with Crippen molar-refractivity contribution in [1.82, 2.24) is 24.6 Å². The van der Waals surface area contributed by atoms with Crippen molar-refractivity contribution in [2.24, 2.45) is 0 Å². The number of carbonyl (C=O) groups is 1. The molecule has 0 saturated carbocycles. The first-order chi connectivity index (χ1) is 11.5. The molecule has 2 bridgehead atoms. The molecule has 9 heteroatoms. The number of pyridine rings is 1. The van der Waals surface area contributed by atoms with Gasteiger partial charge in [0.25, 0.3) is 0 Å².